The summed E-state index contributed by atoms with van der Waals surface area (Å²) in [6.45, 7) is 0. The zero-order valence-corrected chi connectivity index (χ0v) is 19.7. The first-order valence-corrected chi connectivity index (χ1v) is 12.7. The molecule has 1 aliphatic carbocycles. The Bertz CT molecular complexity index is 1220. The van der Waals surface area contributed by atoms with Crippen LogP contribution in [0.4, 0.5) is 11.4 Å². The van der Waals surface area contributed by atoms with Gasteiger partial charge in [0.05, 0.1) is 40.6 Å². The number of amides is 3. The van der Waals surface area contributed by atoms with Gasteiger partial charge in [-0.3, -0.25) is 19.3 Å². The number of rotatable bonds is 6. The van der Waals surface area contributed by atoms with Crippen molar-refractivity contribution >= 4 is 62.4 Å². The molecule has 2 atom stereocenters. The molecule has 2 aliphatic rings. The lowest BCUT2D eigenvalue weighted by Crippen LogP contribution is -2.30. The van der Waals surface area contributed by atoms with E-state index >= 15 is 0 Å². The number of nitrogens with zero attached hydrogens (tertiary/aromatic N) is 2. The van der Waals surface area contributed by atoms with E-state index in [1.165, 1.54) is 28.0 Å². The summed E-state index contributed by atoms with van der Waals surface area (Å²) in [5.74, 6) is 0.279. The summed E-state index contributed by atoms with van der Waals surface area (Å²) >= 11 is 2.81. The minimum Gasteiger partial charge on any atom is -0.497 e. The van der Waals surface area contributed by atoms with Crippen LogP contribution in [-0.2, 0) is 14.4 Å². The minimum absolute atomic E-state index is 0.0719. The zero-order chi connectivity index (χ0) is 22.9. The number of carbonyl (C=O) groups excluding carboxylic acids is 3. The molecular weight excluding hydrogens is 458 g/mol. The number of anilines is 2. The Morgan fingerprint density at radius 2 is 1.91 bits per heavy atom. The molecule has 9 heteroatoms. The largest absolute Gasteiger partial charge is 0.497 e. The van der Waals surface area contributed by atoms with Crippen LogP contribution in [0.3, 0.4) is 0 Å². The highest BCUT2D eigenvalue weighted by Gasteiger charge is 2.48. The number of hydrogen-bond donors (Lipinski definition) is 1. The first-order valence-electron chi connectivity index (χ1n) is 10.9. The number of imide groups is 1. The van der Waals surface area contributed by atoms with Gasteiger partial charge in [0.1, 0.15) is 5.75 Å². The lowest BCUT2D eigenvalue weighted by Gasteiger charge is -2.19. The molecule has 1 aromatic heterocycles. The van der Waals surface area contributed by atoms with E-state index in [0.29, 0.717) is 17.1 Å². The van der Waals surface area contributed by atoms with Crippen LogP contribution in [0.25, 0.3) is 10.2 Å². The quantitative estimate of drug-likeness (QED) is 0.405. The number of nitrogens with one attached hydrogen (secondary N) is 1. The maximum absolute atomic E-state index is 12.9. The molecule has 0 bridgehead atoms. The number of methoxy groups -OCH3 is 1. The molecule has 2 aromatic carbocycles. The molecule has 1 saturated carbocycles. The van der Waals surface area contributed by atoms with Crippen LogP contribution < -0.4 is 15.0 Å². The topological polar surface area (TPSA) is 88.6 Å². The smallest absolute Gasteiger partial charge is 0.237 e. The van der Waals surface area contributed by atoms with Gasteiger partial charge in [0.2, 0.25) is 17.7 Å². The minimum atomic E-state index is -0.169. The molecule has 2 fully saturated rings. The molecule has 170 valence electrons. The van der Waals surface area contributed by atoms with Crippen molar-refractivity contribution in [2.45, 2.75) is 30.0 Å². The van der Waals surface area contributed by atoms with E-state index in [0.717, 1.165) is 40.2 Å². The zero-order valence-electron chi connectivity index (χ0n) is 18.1. The molecule has 5 rings (SSSR count). The van der Waals surface area contributed by atoms with E-state index in [1.54, 1.807) is 25.3 Å². The SMILES string of the molecule is COc1cccc(NC(=O)CSc2nc3ccc(N4C(=O)[C@H]5CCCC[C@@H]5C4=O)cc3s2)c1. The molecule has 1 aliphatic heterocycles. The fraction of sp³-hybridized carbons (Fsp3) is 0.333. The van der Waals surface area contributed by atoms with Crippen molar-refractivity contribution in [3.8, 4) is 5.75 Å². The Morgan fingerprint density at radius 3 is 2.64 bits per heavy atom. The second-order valence-corrected chi connectivity index (χ2v) is 10.5. The number of fused-ring (bicyclic) bond motifs is 2. The first kappa shape index (κ1) is 21.9. The highest BCUT2D eigenvalue weighted by Crippen LogP contribution is 2.41. The Morgan fingerprint density at radius 1 is 1.15 bits per heavy atom. The standard InChI is InChI=1S/C24H23N3O4S2/c1-31-16-6-4-5-14(11-16)25-21(28)13-32-24-26-19-10-9-15(12-20(19)33-24)27-22(29)17-7-2-3-8-18(17)23(27)30/h4-6,9-12,17-18H,2-3,7-8,13H2,1H3,(H,25,28)/t17-,18-/m0/s1. The van der Waals surface area contributed by atoms with E-state index in [9.17, 15) is 14.4 Å². The summed E-state index contributed by atoms with van der Waals surface area (Å²) in [5, 5.41) is 2.86. The number of thioether (sulfide) groups is 1. The van der Waals surface area contributed by atoms with Gasteiger partial charge in [0.25, 0.3) is 0 Å². The van der Waals surface area contributed by atoms with Crippen LogP contribution in [0.2, 0.25) is 0 Å². The summed E-state index contributed by atoms with van der Waals surface area (Å²) in [6, 6.07) is 12.7. The normalized spacial score (nSPS) is 20.2. The number of ether oxygens (including phenoxy) is 1. The Kier molecular flexibility index (Phi) is 6.07. The summed E-state index contributed by atoms with van der Waals surface area (Å²) in [5.41, 5.74) is 2.08. The highest BCUT2D eigenvalue weighted by atomic mass is 32.2. The van der Waals surface area contributed by atoms with E-state index in [-0.39, 0.29) is 35.3 Å². The molecule has 7 nitrogen and oxygen atoms in total. The summed E-state index contributed by atoms with van der Waals surface area (Å²) in [6.07, 6.45) is 3.61. The molecule has 0 radical (unpaired) electrons. The maximum Gasteiger partial charge on any atom is 0.237 e. The molecule has 0 unspecified atom stereocenters. The summed E-state index contributed by atoms with van der Waals surface area (Å²) in [4.78, 5) is 44.1. The van der Waals surface area contributed by atoms with Gasteiger partial charge in [-0.15, -0.1) is 11.3 Å². The molecule has 2 heterocycles. The molecule has 0 spiro atoms. The lowest BCUT2D eigenvalue weighted by molar-refractivity contribution is -0.122. The van der Waals surface area contributed by atoms with Crippen molar-refractivity contribution in [3.63, 3.8) is 0 Å². The van der Waals surface area contributed by atoms with Crippen molar-refractivity contribution in [1.29, 1.82) is 0 Å². The maximum atomic E-state index is 12.9. The summed E-state index contributed by atoms with van der Waals surface area (Å²) < 4.78 is 6.82. The molecule has 3 amide bonds. The van der Waals surface area contributed by atoms with Crippen LogP contribution in [-0.4, -0.2) is 35.6 Å². The van der Waals surface area contributed by atoms with Gasteiger partial charge >= 0.3 is 0 Å². The third-order valence-electron chi connectivity index (χ3n) is 6.13. The number of benzene rings is 2. The molecule has 3 aromatic rings. The molecule has 33 heavy (non-hydrogen) atoms. The second-order valence-electron chi connectivity index (χ2n) is 8.21. The average molecular weight is 482 g/mol. The van der Waals surface area contributed by atoms with Crippen molar-refractivity contribution in [1.82, 2.24) is 4.98 Å². The third kappa shape index (κ3) is 4.35. The predicted octanol–water partition coefficient (Wildman–Crippen LogP) is 4.72. The van der Waals surface area contributed by atoms with E-state index < -0.39 is 0 Å². The van der Waals surface area contributed by atoms with E-state index in [1.807, 2.05) is 24.3 Å². The van der Waals surface area contributed by atoms with E-state index in [4.69, 9.17) is 4.74 Å². The summed E-state index contributed by atoms with van der Waals surface area (Å²) in [7, 11) is 1.58. The first-order chi connectivity index (χ1) is 16.0. The van der Waals surface area contributed by atoms with Crippen LogP contribution in [0.5, 0.6) is 5.75 Å². The third-order valence-corrected chi connectivity index (χ3v) is 8.29. The number of hydrogen-bond acceptors (Lipinski definition) is 7. The van der Waals surface area contributed by atoms with Gasteiger partial charge in [-0.1, -0.05) is 30.7 Å². The molecule has 1 saturated heterocycles. The fourth-order valence-corrected chi connectivity index (χ4v) is 6.44. The van der Waals surface area contributed by atoms with Crippen molar-refractivity contribution in [2.24, 2.45) is 11.8 Å². The van der Waals surface area contributed by atoms with Gasteiger partial charge in [-0.2, -0.15) is 0 Å². The monoisotopic (exact) mass is 481 g/mol. The Hall–Kier alpha value is -2.91. The van der Waals surface area contributed by atoms with Gasteiger partial charge in [0, 0.05) is 11.8 Å². The van der Waals surface area contributed by atoms with Crippen LogP contribution >= 0.6 is 23.1 Å². The number of thiazole rings is 1. The van der Waals surface area contributed by atoms with Crippen LogP contribution in [0, 0.1) is 11.8 Å². The van der Waals surface area contributed by atoms with Gasteiger partial charge in [-0.25, -0.2) is 4.98 Å². The fourth-order valence-electron chi connectivity index (χ4n) is 4.53. The highest BCUT2D eigenvalue weighted by molar-refractivity contribution is 8.01. The van der Waals surface area contributed by atoms with Crippen LogP contribution in [0.15, 0.2) is 46.8 Å². The van der Waals surface area contributed by atoms with Crippen molar-refractivity contribution < 1.29 is 19.1 Å². The Balaban J connectivity index is 1.27. The lowest BCUT2D eigenvalue weighted by atomic mass is 9.81. The van der Waals surface area contributed by atoms with Gasteiger partial charge in [-0.05, 0) is 43.2 Å². The Labute approximate surface area is 199 Å². The average Bonchev–Trinajstić information content (AvgIpc) is 3.35. The van der Waals surface area contributed by atoms with Crippen LogP contribution in [0.1, 0.15) is 25.7 Å². The molecular formula is C24H23N3O4S2. The second kappa shape index (κ2) is 9.15. The van der Waals surface area contributed by atoms with Gasteiger partial charge < -0.3 is 10.1 Å². The van der Waals surface area contributed by atoms with Crippen molar-refractivity contribution in [3.05, 3.63) is 42.5 Å². The number of carbonyl (C=O) groups is 3. The molecule has 1 N–H and O–H groups in total. The van der Waals surface area contributed by atoms with Crippen molar-refractivity contribution in [2.75, 3.05) is 23.1 Å². The van der Waals surface area contributed by atoms with Gasteiger partial charge in [0.15, 0.2) is 4.34 Å². The predicted molar refractivity (Wildman–Crippen MR) is 130 cm³/mol. The number of aromatic nitrogens is 1. The van der Waals surface area contributed by atoms with E-state index in [2.05, 4.69) is 10.3 Å².